The minimum Gasteiger partial charge on any atom is -0.459 e. The maximum absolute atomic E-state index is 12.5. The van der Waals surface area contributed by atoms with Crippen molar-refractivity contribution in [1.29, 1.82) is 0 Å². The monoisotopic (exact) mass is 626 g/mol. The first kappa shape index (κ1) is 36.5. The van der Waals surface area contributed by atoms with Crippen molar-refractivity contribution in [3.8, 4) is 0 Å². The van der Waals surface area contributed by atoms with Gasteiger partial charge in [-0.05, 0) is 79.1 Å². The van der Waals surface area contributed by atoms with Gasteiger partial charge < -0.3 is 45.0 Å². The van der Waals surface area contributed by atoms with Gasteiger partial charge in [0, 0.05) is 34.7 Å². The highest BCUT2D eigenvalue weighted by molar-refractivity contribution is 5.86. The van der Waals surface area contributed by atoms with E-state index in [2.05, 4.69) is 27.8 Å². The summed E-state index contributed by atoms with van der Waals surface area (Å²) in [5, 5.41) is 11.4. The van der Waals surface area contributed by atoms with Gasteiger partial charge in [0.05, 0.1) is 19.8 Å². The molecule has 0 spiro atoms. The molecule has 14 heteroatoms. The van der Waals surface area contributed by atoms with Crippen molar-refractivity contribution >= 4 is 30.3 Å². The fourth-order valence-corrected chi connectivity index (χ4v) is 5.44. The highest BCUT2D eigenvalue weighted by Crippen LogP contribution is 2.29. The Morgan fingerprint density at radius 1 is 0.750 bits per heavy atom. The van der Waals surface area contributed by atoms with Gasteiger partial charge in [-0.2, -0.15) is 0 Å². The Bertz CT molecular complexity index is 1020. The molecule has 0 aromatic carbocycles. The third kappa shape index (κ3) is 13.7. The zero-order valence-electron chi connectivity index (χ0n) is 26.7. The second kappa shape index (κ2) is 17.6. The number of amides is 4. The molecule has 2 rings (SSSR count). The molecule has 3 unspecified atom stereocenters. The molecule has 0 aliphatic heterocycles. The van der Waals surface area contributed by atoms with Crippen molar-refractivity contribution in [3.63, 3.8) is 0 Å². The predicted molar refractivity (Wildman–Crippen MR) is 160 cm³/mol. The molecule has 250 valence electrons. The van der Waals surface area contributed by atoms with Crippen LogP contribution >= 0.6 is 0 Å². The molecule has 0 heterocycles. The van der Waals surface area contributed by atoms with Gasteiger partial charge in [0.1, 0.15) is 13.2 Å². The number of hydrogen-bond acceptors (Lipinski definition) is 10. The molecular formula is C30H50N4O10. The number of carbonyl (C=O) groups excluding carboxylic acids is 5. The molecule has 0 saturated heterocycles. The van der Waals surface area contributed by atoms with Gasteiger partial charge in [-0.3, -0.25) is 0 Å². The molecule has 0 radical (unpaired) electrons. The van der Waals surface area contributed by atoms with Crippen LogP contribution in [-0.2, 0) is 28.5 Å². The van der Waals surface area contributed by atoms with Crippen LogP contribution in [-0.4, -0.2) is 86.5 Å². The standard InChI is InChI=1S/C30H50N4O10/c1-7-40-25(36)31-22-10-8-13-30(6,16-22)34-28(39)44-19-21(4)18-43-26(37)32-23-11-9-12-29(5,17-23)33-27(38)42-15-14-41-24(35)20(2)3/h21-23H,2,7-19H2,1,3-6H3,(H,31,36)(H,32,37)(H,33,38)(H,34,39)/t21?,22?,23?,29-,30-/m0/s1. The summed E-state index contributed by atoms with van der Waals surface area (Å²) in [7, 11) is 0. The van der Waals surface area contributed by atoms with Gasteiger partial charge in [0.15, 0.2) is 0 Å². The average molecular weight is 627 g/mol. The lowest BCUT2D eigenvalue weighted by atomic mass is 9.80. The second-order valence-corrected chi connectivity index (χ2v) is 12.3. The molecule has 0 bridgehead atoms. The van der Waals surface area contributed by atoms with Gasteiger partial charge >= 0.3 is 30.3 Å². The third-order valence-electron chi connectivity index (χ3n) is 7.58. The minimum absolute atomic E-state index is 0.0480. The zero-order chi connectivity index (χ0) is 32.8. The second-order valence-electron chi connectivity index (χ2n) is 12.3. The molecule has 0 aromatic heterocycles. The number of alkyl carbamates (subject to hydrolysis) is 4. The van der Waals surface area contributed by atoms with E-state index < -0.39 is 41.4 Å². The van der Waals surface area contributed by atoms with Crippen LogP contribution < -0.4 is 21.3 Å². The van der Waals surface area contributed by atoms with E-state index in [1.807, 2.05) is 13.8 Å². The lowest BCUT2D eigenvalue weighted by Gasteiger charge is -2.38. The van der Waals surface area contributed by atoms with E-state index in [4.69, 9.17) is 23.7 Å². The SMILES string of the molecule is C=C(C)C(=O)OCCOC(=O)N[C@@]1(C)CCCC(NC(=O)OCC(C)COC(=O)N[C@@]2(C)CCCC(NC(=O)OCC)C2)C1. The summed E-state index contributed by atoms with van der Waals surface area (Å²) in [6.07, 6.45) is 3.39. The summed E-state index contributed by atoms with van der Waals surface area (Å²) in [6.45, 7) is 12.6. The number of nitrogens with one attached hydrogen (secondary N) is 4. The number of carbonyl (C=O) groups is 5. The molecule has 2 saturated carbocycles. The van der Waals surface area contributed by atoms with E-state index >= 15 is 0 Å². The first-order valence-corrected chi connectivity index (χ1v) is 15.3. The van der Waals surface area contributed by atoms with Crippen molar-refractivity contribution in [2.45, 2.75) is 109 Å². The van der Waals surface area contributed by atoms with E-state index in [0.29, 0.717) is 25.9 Å². The van der Waals surface area contributed by atoms with Gasteiger partial charge in [0.25, 0.3) is 0 Å². The number of ether oxygens (including phenoxy) is 5. The quantitative estimate of drug-likeness (QED) is 0.101. The van der Waals surface area contributed by atoms with Crippen LogP contribution in [0.1, 0.15) is 86.0 Å². The molecule has 4 amide bonds. The van der Waals surface area contributed by atoms with Crippen LogP contribution in [0.25, 0.3) is 0 Å². The molecule has 2 fully saturated rings. The predicted octanol–water partition coefficient (Wildman–Crippen LogP) is 4.07. The van der Waals surface area contributed by atoms with Crippen LogP contribution in [0, 0.1) is 5.92 Å². The maximum atomic E-state index is 12.5. The summed E-state index contributed by atoms with van der Waals surface area (Å²) >= 11 is 0. The summed E-state index contributed by atoms with van der Waals surface area (Å²) in [5.41, 5.74) is -0.864. The van der Waals surface area contributed by atoms with Crippen molar-refractivity contribution in [3.05, 3.63) is 12.2 Å². The van der Waals surface area contributed by atoms with Gasteiger partial charge in [-0.15, -0.1) is 0 Å². The third-order valence-corrected chi connectivity index (χ3v) is 7.58. The van der Waals surface area contributed by atoms with Gasteiger partial charge in [0.2, 0.25) is 0 Å². The molecule has 0 aromatic rings. The minimum atomic E-state index is -0.634. The highest BCUT2D eigenvalue weighted by atomic mass is 16.6. The number of rotatable bonds is 13. The van der Waals surface area contributed by atoms with Crippen molar-refractivity contribution < 1.29 is 47.7 Å². The molecule has 2 aliphatic carbocycles. The Morgan fingerprint density at radius 2 is 1.20 bits per heavy atom. The summed E-state index contributed by atoms with van der Waals surface area (Å²) in [4.78, 5) is 60.4. The number of esters is 1. The molecule has 4 N–H and O–H groups in total. The van der Waals surface area contributed by atoms with E-state index in [9.17, 15) is 24.0 Å². The normalized spacial score (nSPS) is 25.3. The molecular weight excluding hydrogens is 576 g/mol. The lowest BCUT2D eigenvalue weighted by Crippen LogP contribution is -2.54. The summed E-state index contributed by atoms with van der Waals surface area (Å²) in [6, 6.07) is -0.315. The topological polar surface area (TPSA) is 180 Å². The Morgan fingerprint density at radius 3 is 1.70 bits per heavy atom. The van der Waals surface area contributed by atoms with Gasteiger partial charge in [-0.1, -0.05) is 13.5 Å². The number of hydrogen-bond donors (Lipinski definition) is 4. The lowest BCUT2D eigenvalue weighted by molar-refractivity contribution is -0.139. The largest absolute Gasteiger partial charge is 0.459 e. The average Bonchev–Trinajstić information content (AvgIpc) is 2.92. The van der Waals surface area contributed by atoms with Crippen LogP contribution in [0.3, 0.4) is 0 Å². The van der Waals surface area contributed by atoms with Crippen LogP contribution in [0.15, 0.2) is 12.2 Å². The molecule has 5 atom stereocenters. The fourth-order valence-electron chi connectivity index (χ4n) is 5.44. The fraction of sp³-hybridized carbons (Fsp3) is 0.767. The first-order valence-electron chi connectivity index (χ1n) is 15.3. The van der Waals surface area contributed by atoms with Gasteiger partial charge in [-0.25, -0.2) is 24.0 Å². The summed E-state index contributed by atoms with van der Waals surface area (Å²) < 4.78 is 25.7. The zero-order valence-corrected chi connectivity index (χ0v) is 26.7. The Labute approximate surface area is 259 Å². The van der Waals surface area contributed by atoms with E-state index in [1.54, 1.807) is 13.8 Å². The van der Waals surface area contributed by atoms with E-state index in [-0.39, 0.29) is 50.0 Å². The van der Waals surface area contributed by atoms with Crippen molar-refractivity contribution in [2.24, 2.45) is 5.92 Å². The smallest absolute Gasteiger partial charge is 0.407 e. The maximum Gasteiger partial charge on any atom is 0.407 e. The Kier molecular flexibility index (Phi) is 14.6. The van der Waals surface area contributed by atoms with Crippen LogP contribution in [0.5, 0.6) is 0 Å². The van der Waals surface area contributed by atoms with E-state index in [0.717, 1.165) is 32.1 Å². The molecule has 2 aliphatic rings. The molecule has 14 nitrogen and oxygen atoms in total. The summed E-state index contributed by atoms with van der Waals surface area (Å²) in [5.74, 6) is -0.793. The van der Waals surface area contributed by atoms with E-state index in [1.165, 1.54) is 6.92 Å². The molecule has 44 heavy (non-hydrogen) atoms. The van der Waals surface area contributed by atoms with Crippen LogP contribution in [0.2, 0.25) is 0 Å². The Hall–Kier alpha value is -3.71. The Balaban J connectivity index is 1.66. The first-order chi connectivity index (χ1) is 20.7. The highest BCUT2D eigenvalue weighted by Gasteiger charge is 2.36. The van der Waals surface area contributed by atoms with Crippen LogP contribution in [0.4, 0.5) is 19.2 Å². The van der Waals surface area contributed by atoms with Crippen molar-refractivity contribution in [2.75, 3.05) is 33.0 Å². The van der Waals surface area contributed by atoms with Crippen molar-refractivity contribution in [1.82, 2.24) is 21.3 Å².